The van der Waals surface area contributed by atoms with Crippen LogP contribution in [-0.2, 0) is 18.6 Å². The molecule has 0 saturated carbocycles. The largest absolute Gasteiger partial charge is 0.487 e. The van der Waals surface area contributed by atoms with Crippen molar-refractivity contribution in [3.05, 3.63) is 0 Å². The maximum absolute atomic E-state index is 5.02. The Morgan fingerprint density at radius 2 is 0.917 bits per heavy atom. The second-order valence-electron chi connectivity index (χ2n) is 2.38. The third kappa shape index (κ3) is 5.60. The average molecular weight is 170 g/mol. The van der Waals surface area contributed by atoms with Gasteiger partial charge in [-0.1, -0.05) is 0 Å². The number of rotatable bonds is 0. The Hall–Kier alpha value is -0.0301. The normalized spacial score (nSPS) is 22.7. The number of hydrogen-bond acceptors (Lipinski definition) is 4. The lowest BCUT2D eigenvalue weighted by molar-refractivity contribution is 0.156. The topological polar surface area (TPSA) is 36.9 Å². The maximum atomic E-state index is 5.02. The lowest BCUT2D eigenvalue weighted by Crippen LogP contribution is -2.14. The maximum Gasteiger partial charge on any atom is 0.487 e. The molecule has 0 aromatic heterocycles. The smallest absolute Gasteiger partial charge is 0.413 e. The van der Waals surface area contributed by atoms with Gasteiger partial charge in [-0.3, -0.25) is 0 Å². The fourth-order valence-electron chi connectivity index (χ4n) is 0.740. The monoisotopic (exact) mass is 170 g/mol. The van der Waals surface area contributed by atoms with E-state index < -0.39 is 0 Å². The van der Waals surface area contributed by atoms with Gasteiger partial charge in [0, 0.05) is 26.4 Å². The van der Waals surface area contributed by atoms with Crippen molar-refractivity contribution in [2.75, 3.05) is 26.4 Å². The van der Waals surface area contributed by atoms with Gasteiger partial charge in [-0.05, 0) is 12.8 Å². The summed E-state index contributed by atoms with van der Waals surface area (Å²) in [5, 5.41) is 0. The van der Waals surface area contributed by atoms with Crippen LogP contribution < -0.4 is 0 Å². The summed E-state index contributed by atoms with van der Waals surface area (Å²) < 4.78 is 20.1. The zero-order valence-corrected chi connectivity index (χ0v) is 7.03. The van der Waals surface area contributed by atoms with Crippen molar-refractivity contribution in [2.45, 2.75) is 12.8 Å². The van der Waals surface area contributed by atoms with Gasteiger partial charge in [0.1, 0.15) is 0 Å². The summed E-state index contributed by atoms with van der Waals surface area (Å²) in [7, 11) is 2.76. The molecule has 0 N–H and O–H groups in total. The highest BCUT2D eigenvalue weighted by Gasteiger charge is 1.99. The van der Waals surface area contributed by atoms with Gasteiger partial charge in [0.05, 0.1) is 0 Å². The first kappa shape index (κ1) is 10.1. The van der Waals surface area contributed by atoms with E-state index in [0.29, 0.717) is 26.4 Å². The van der Waals surface area contributed by atoms with Crippen molar-refractivity contribution in [3.63, 3.8) is 0 Å². The lowest BCUT2D eigenvalue weighted by atomic mass is 10.3. The summed E-state index contributed by atoms with van der Waals surface area (Å²) in [4.78, 5) is 0. The average Bonchev–Trinajstić information content (AvgIpc) is 2.05. The van der Waals surface area contributed by atoms with Gasteiger partial charge in [-0.25, -0.2) is 0 Å². The predicted molar refractivity (Wildman–Crippen MR) is 44.6 cm³/mol. The van der Waals surface area contributed by atoms with Crippen molar-refractivity contribution < 1.29 is 18.6 Å². The third-order valence-electron chi connectivity index (χ3n) is 1.32. The Morgan fingerprint density at radius 1 is 0.583 bits per heavy atom. The minimum Gasteiger partial charge on any atom is -0.413 e. The standard InChI is InChI=1S/C6H12B2O4/c1-3-9-7-11-5-2-6-12-8-10-4-1/h1-6H2. The van der Waals surface area contributed by atoms with Crippen LogP contribution in [-0.4, -0.2) is 41.8 Å². The molecule has 0 aromatic rings. The molecule has 0 bridgehead atoms. The van der Waals surface area contributed by atoms with Crippen LogP contribution >= 0.6 is 0 Å². The molecule has 0 aliphatic carbocycles. The molecule has 1 saturated heterocycles. The van der Waals surface area contributed by atoms with Gasteiger partial charge in [-0.15, -0.1) is 0 Å². The fourth-order valence-corrected chi connectivity index (χ4v) is 0.740. The van der Waals surface area contributed by atoms with Crippen LogP contribution in [0.2, 0.25) is 0 Å². The highest BCUT2D eigenvalue weighted by atomic mass is 16.6. The SMILES string of the molecule is [B]1OCCCO[B]OCCCO1. The minimum absolute atomic E-state index is 0.619. The molecule has 0 spiro atoms. The van der Waals surface area contributed by atoms with E-state index in [9.17, 15) is 0 Å². The van der Waals surface area contributed by atoms with E-state index in [4.69, 9.17) is 18.6 Å². The van der Waals surface area contributed by atoms with Crippen molar-refractivity contribution in [1.29, 1.82) is 0 Å². The van der Waals surface area contributed by atoms with E-state index >= 15 is 0 Å². The van der Waals surface area contributed by atoms with Crippen LogP contribution in [0.1, 0.15) is 12.8 Å². The molecule has 1 rings (SSSR count). The van der Waals surface area contributed by atoms with Gasteiger partial charge >= 0.3 is 15.4 Å². The summed E-state index contributed by atoms with van der Waals surface area (Å²) in [6.45, 7) is 2.48. The van der Waals surface area contributed by atoms with Gasteiger partial charge in [0.2, 0.25) is 0 Å². The van der Waals surface area contributed by atoms with Crippen molar-refractivity contribution >= 4 is 15.4 Å². The van der Waals surface area contributed by atoms with Crippen LogP contribution in [0.25, 0.3) is 0 Å². The lowest BCUT2D eigenvalue weighted by Gasteiger charge is -2.07. The molecule has 0 unspecified atom stereocenters. The Kier molecular flexibility index (Phi) is 6.38. The van der Waals surface area contributed by atoms with Crippen LogP contribution in [0.5, 0.6) is 0 Å². The summed E-state index contributed by atoms with van der Waals surface area (Å²) in [6, 6.07) is 0. The minimum atomic E-state index is 0.619. The zero-order chi connectivity index (χ0) is 8.49. The molecule has 12 heavy (non-hydrogen) atoms. The molecule has 0 aromatic carbocycles. The Bertz CT molecular complexity index is 60.5. The molecule has 0 amide bonds. The van der Waals surface area contributed by atoms with Crippen molar-refractivity contribution in [1.82, 2.24) is 0 Å². The first-order chi connectivity index (χ1) is 6.00. The van der Waals surface area contributed by atoms with E-state index in [1.54, 1.807) is 0 Å². The second-order valence-corrected chi connectivity index (χ2v) is 2.38. The van der Waals surface area contributed by atoms with E-state index in [1.807, 2.05) is 0 Å². The second kappa shape index (κ2) is 7.61. The van der Waals surface area contributed by atoms with Gasteiger partial charge in [-0.2, -0.15) is 0 Å². The molecular formula is C6H12B2O4. The molecule has 66 valence electrons. The summed E-state index contributed by atoms with van der Waals surface area (Å²) in [5.41, 5.74) is 0. The van der Waals surface area contributed by atoms with Crippen LogP contribution in [0.3, 0.4) is 0 Å². The summed E-state index contributed by atoms with van der Waals surface area (Å²) >= 11 is 0. The van der Waals surface area contributed by atoms with Crippen LogP contribution in [0, 0.1) is 0 Å². The van der Waals surface area contributed by atoms with E-state index in [2.05, 4.69) is 0 Å². The Morgan fingerprint density at radius 3 is 1.25 bits per heavy atom. The van der Waals surface area contributed by atoms with Gasteiger partial charge in [0.25, 0.3) is 0 Å². The number of hydrogen-bond donors (Lipinski definition) is 0. The van der Waals surface area contributed by atoms with E-state index in [0.717, 1.165) is 12.8 Å². The highest BCUT2D eigenvalue weighted by molar-refractivity contribution is 6.18. The van der Waals surface area contributed by atoms with Crippen molar-refractivity contribution in [3.8, 4) is 0 Å². The molecule has 0 atom stereocenters. The summed E-state index contributed by atoms with van der Waals surface area (Å²) in [6.07, 6.45) is 1.67. The van der Waals surface area contributed by atoms with Crippen LogP contribution in [0.4, 0.5) is 0 Å². The van der Waals surface area contributed by atoms with Crippen LogP contribution in [0.15, 0.2) is 0 Å². The Balaban J connectivity index is 2.00. The molecular weight excluding hydrogens is 158 g/mol. The van der Waals surface area contributed by atoms with Gasteiger partial charge in [0.15, 0.2) is 0 Å². The van der Waals surface area contributed by atoms with Crippen molar-refractivity contribution in [2.24, 2.45) is 0 Å². The molecule has 6 heteroatoms. The molecule has 1 fully saturated rings. The quantitative estimate of drug-likeness (QED) is 0.476. The molecule has 1 aliphatic rings. The Labute approximate surface area is 74.1 Å². The van der Waals surface area contributed by atoms with E-state index in [1.165, 1.54) is 15.4 Å². The zero-order valence-electron chi connectivity index (χ0n) is 7.03. The molecule has 4 nitrogen and oxygen atoms in total. The summed E-state index contributed by atoms with van der Waals surface area (Å²) in [5.74, 6) is 0. The van der Waals surface area contributed by atoms with Gasteiger partial charge < -0.3 is 18.6 Å². The molecule has 1 heterocycles. The predicted octanol–water partition coefficient (Wildman–Crippen LogP) is -0.0850. The molecule has 2 radical (unpaired) electrons. The first-order valence-corrected chi connectivity index (χ1v) is 4.10. The third-order valence-corrected chi connectivity index (χ3v) is 1.32. The fraction of sp³-hybridized carbons (Fsp3) is 1.00. The van der Waals surface area contributed by atoms with E-state index in [-0.39, 0.29) is 0 Å². The molecule has 1 aliphatic heterocycles. The highest BCUT2D eigenvalue weighted by Crippen LogP contribution is 1.89. The first-order valence-electron chi connectivity index (χ1n) is 4.10.